The average molecular weight is 220 g/mol. The fraction of sp³-hybridized carbons (Fsp3) is 0.200. The van der Waals surface area contributed by atoms with Crippen LogP contribution in [0.15, 0.2) is 32.8 Å². The Morgan fingerprint density at radius 3 is 1.44 bits per heavy atom. The van der Waals surface area contributed by atoms with Crippen LogP contribution in [0.4, 0.5) is 8.78 Å². The summed E-state index contributed by atoms with van der Waals surface area (Å²) in [6.07, 6.45) is 2.79. The molecule has 1 rings (SSSR count). The molecule has 0 aromatic carbocycles. The van der Waals surface area contributed by atoms with Gasteiger partial charge in [-0.15, -0.1) is 0 Å². The van der Waals surface area contributed by atoms with Gasteiger partial charge in [0.1, 0.15) is 11.4 Å². The molecule has 0 aromatic heterocycles. The number of nitriles is 2. The molecule has 0 radical (unpaired) electrons. The van der Waals surface area contributed by atoms with Gasteiger partial charge in [0, 0.05) is 11.1 Å². The highest BCUT2D eigenvalue weighted by molar-refractivity contribution is 6.27. The van der Waals surface area contributed by atoms with Gasteiger partial charge in [-0.3, -0.25) is 0 Å². The summed E-state index contributed by atoms with van der Waals surface area (Å²) in [4.78, 5) is 6.39. The highest BCUT2D eigenvalue weighted by Gasteiger charge is 2.28. The third-order valence-corrected chi connectivity index (χ3v) is 2.11. The van der Waals surface area contributed by atoms with E-state index >= 15 is 0 Å². The zero-order chi connectivity index (χ0) is 12.3. The third kappa shape index (κ3) is 1.73. The Labute approximate surface area is 90.5 Å². The molecule has 0 amide bonds. The van der Waals surface area contributed by atoms with Crippen LogP contribution >= 0.6 is 0 Å². The lowest BCUT2D eigenvalue weighted by Crippen LogP contribution is -2.18. The third-order valence-electron chi connectivity index (χ3n) is 2.11. The predicted octanol–water partition coefficient (Wildman–Crippen LogP) is 2.33. The number of allylic oxidation sites excluding steroid dienone is 4. The first-order chi connectivity index (χ1) is 7.54. The summed E-state index contributed by atoms with van der Waals surface area (Å²) in [5.41, 5.74) is -0.985. The first-order valence-corrected chi connectivity index (χ1v) is 4.22. The summed E-state index contributed by atoms with van der Waals surface area (Å²) >= 11 is 0. The molecule has 0 aromatic rings. The quantitative estimate of drug-likeness (QED) is 0.464. The lowest BCUT2D eigenvalue weighted by Gasteiger charge is -2.15. The lowest BCUT2D eigenvalue weighted by molar-refractivity contribution is 0.648. The van der Waals surface area contributed by atoms with Crippen molar-refractivity contribution in [2.75, 3.05) is 0 Å². The van der Waals surface area contributed by atoms with Crippen molar-refractivity contribution >= 4 is 11.4 Å². The van der Waals surface area contributed by atoms with E-state index in [1.807, 2.05) is 0 Å². The molecule has 0 saturated heterocycles. The van der Waals surface area contributed by atoms with Crippen LogP contribution in [0.5, 0.6) is 0 Å². The van der Waals surface area contributed by atoms with Crippen molar-refractivity contribution < 1.29 is 8.78 Å². The van der Waals surface area contributed by atoms with E-state index in [9.17, 15) is 8.78 Å². The van der Waals surface area contributed by atoms with Crippen LogP contribution in [0.2, 0.25) is 0 Å². The number of nitrogens with zero attached hydrogens (tertiary/aromatic N) is 4. The van der Waals surface area contributed by atoms with Crippen molar-refractivity contribution in [3.8, 4) is 12.4 Å². The molecule has 0 heterocycles. The number of rotatable bonds is 0. The van der Waals surface area contributed by atoms with Crippen molar-refractivity contribution in [2.24, 2.45) is 9.98 Å². The molecule has 1 aliphatic rings. The topological polar surface area (TPSA) is 72.3 Å². The summed E-state index contributed by atoms with van der Waals surface area (Å²) in [5.74, 6) is -1.68. The van der Waals surface area contributed by atoms with Crippen LogP contribution < -0.4 is 0 Å². The van der Waals surface area contributed by atoms with Gasteiger partial charge in [-0.05, 0) is 13.8 Å². The van der Waals surface area contributed by atoms with Crippen molar-refractivity contribution in [3.63, 3.8) is 0 Å². The number of aliphatic imine (C=N–C) groups is 2. The molecular formula is C10H6F2N4. The van der Waals surface area contributed by atoms with Gasteiger partial charge in [-0.25, -0.2) is 8.78 Å². The second-order valence-electron chi connectivity index (χ2n) is 3.00. The highest BCUT2D eigenvalue weighted by atomic mass is 19.1. The monoisotopic (exact) mass is 220 g/mol. The van der Waals surface area contributed by atoms with Crippen molar-refractivity contribution in [2.45, 2.75) is 13.8 Å². The van der Waals surface area contributed by atoms with Crippen LogP contribution in [0.3, 0.4) is 0 Å². The summed E-state index contributed by atoms with van der Waals surface area (Å²) in [6, 6.07) is 0. The van der Waals surface area contributed by atoms with E-state index in [0.29, 0.717) is 0 Å². The second kappa shape index (κ2) is 4.45. The van der Waals surface area contributed by atoms with Crippen LogP contribution in [-0.4, -0.2) is 11.4 Å². The summed E-state index contributed by atoms with van der Waals surface area (Å²) in [5, 5.41) is 16.7. The van der Waals surface area contributed by atoms with Crippen LogP contribution in [0, 0.1) is 22.9 Å². The minimum absolute atomic E-state index is 0.140. The Bertz CT molecular complexity index is 460. The van der Waals surface area contributed by atoms with Gasteiger partial charge in [-0.2, -0.15) is 20.5 Å². The SMILES string of the molecule is CC1=C(F)C(=NC#N)C(C)=C(F)C1=NC#N. The molecule has 0 N–H and O–H groups in total. The molecule has 1 aliphatic carbocycles. The van der Waals surface area contributed by atoms with Gasteiger partial charge in [0.15, 0.2) is 11.7 Å². The van der Waals surface area contributed by atoms with E-state index in [0.717, 1.165) is 0 Å². The van der Waals surface area contributed by atoms with E-state index < -0.39 is 11.7 Å². The molecule has 0 bridgehead atoms. The predicted molar refractivity (Wildman–Crippen MR) is 53.7 cm³/mol. The summed E-state index contributed by atoms with van der Waals surface area (Å²) in [7, 11) is 0. The molecule has 0 atom stereocenters. The van der Waals surface area contributed by atoms with E-state index in [1.165, 1.54) is 26.2 Å². The highest BCUT2D eigenvalue weighted by Crippen LogP contribution is 2.27. The summed E-state index contributed by atoms with van der Waals surface area (Å²) < 4.78 is 27.3. The first-order valence-electron chi connectivity index (χ1n) is 4.22. The largest absolute Gasteiger partial charge is 0.206 e. The van der Waals surface area contributed by atoms with Crippen LogP contribution in [0.25, 0.3) is 0 Å². The van der Waals surface area contributed by atoms with Crippen LogP contribution in [0.1, 0.15) is 13.8 Å². The molecule has 80 valence electrons. The first kappa shape index (κ1) is 11.7. The van der Waals surface area contributed by atoms with E-state index in [4.69, 9.17) is 10.5 Å². The fourth-order valence-corrected chi connectivity index (χ4v) is 1.26. The minimum atomic E-state index is -0.838. The van der Waals surface area contributed by atoms with Crippen molar-refractivity contribution in [3.05, 3.63) is 22.8 Å². The Kier molecular flexibility index (Phi) is 3.27. The maximum Gasteiger partial charge on any atom is 0.206 e. The van der Waals surface area contributed by atoms with Gasteiger partial charge >= 0.3 is 0 Å². The Morgan fingerprint density at radius 1 is 0.875 bits per heavy atom. The van der Waals surface area contributed by atoms with E-state index in [-0.39, 0.29) is 22.6 Å². The zero-order valence-electron chi connectivity index (χ0n) is 8.54. The minimum Gasteiger partial charge on any atom is -0.204 e. The van der Waals surface area contributed by atoms with E-state index in [2.05, 4.69) is 9.98 Å². The van der Waals surface area contributed by atoms with Gasteiger partial charge in [0.25, 0.3) is 0 Å². The Morgan fingerprint density at radius 2 is 1.19 bits per heavy atom. The molecule has 0 fully saturated rings. The molecule has 0 saturated carbocycles. The van der Waals surface area contributed by atoms with Crippen molar-refractivity contribution in [1.29, 1.82) is 10.5 Å². The molecule has 0 spiro atoms. The van der Waals surface area contributed by atoms with Gasteiger partial charge < -0.3 is 0 Å². The normalized spacial score (nSPS) is 21.4. The van der Waals surface area contributed by atoms with Crippen LogP contribution in [-0.2, 0) is 0 Å². The molecule has 0 unspecified atom stereocenters. The molecule has 4 nitrogen and oxygen atoms in total. The maximum absolute atomic E-state index is 13.6. The standard InChI is InChI=1S/C10H6F2N4/c1-5-7(11)10(16-4-14)6(2)8(12)9(5)15-3-13/h1-2H3. The number of hydrogen-bond donors (Lipinski definition) is 0. The Hall–Kier alpha value is -2.34. The lowest BCUT2D eigenvalue weighted by atomic mass is 9.95. The van der Waals surface area contributed by atoms with Crippen molar-refractivity contribution in [1.82, 2.24) is 0 Å². The maximum atomic E-state index is 13.6. The molecule has 16 heavy (non-hydrogen) atoms. The zero-order valence-corrected chi connectivity index (χ0v) is 8.54. The molecular weight excluding hydrogens is 214 g/mol. The summed E-state index contributed by atoms with van der Waals surface area (Å²) in [6.45, 7) is 2.54. The molecule has 0 aliphatic heterocycles. The molecule has 6 heteroatoms. The number of hydrogen-bond acceptors (Lipinski definition) is 4. The number of halogens is 2. The van der Waals surface area contributed by atoms with Gasteiger partial charge in [-0.1, -0.05) is 0 Å². The fourth-order valence-electron chi connectivity index (χ4n) is 1.26. The van der Waals surface area contributed by atoms with Gasteiger partial charge in [0.05, 0.1) is 0 Å². The second-order valence-corrected chi connectivity index (χ2v) is 3.00. The van der Waals surface area contributed by atoms with E-state index in [1.54, 1.807) is 0 Å². The smallest absolute Gasteiger partial charge is 0.204 e. The Balaban J connectivity index is 3.52. The van der Waals surface area contributed by atoms with Gasteiger partial charge in [0.2, 0.25) is 12.4 Å². The average Bonchev–Trinajstić information content (AvgIpc) is 2.28.